The van der Waals surface area contributed by atoms with Gasteiger partial charge in [0, 0.05) is 11.8 Å². The fourth-order valence-corrected chi connectivity index (χ4v) is 0.713. The Balaban J connectivity index is 3.10. The molecule has 0 aromatic carbocycles. The standard InChI is InChI=1S/C8H8N2O/c1-2-7-5-6(8(9)11)3-4-10-7/h2-5H,1H2,(H2,9,11). The Hall–Kier alpha value is -1.64. The van der Waals surface area contributed by atoms with Crippen molar-refractivity contribution in [3.05, 3.63) is 36.2 Å². The third-order valence-electron chi connectivity index (χ3n) is 1.27. The minimum Gasteiger partial charge on any atom is -0.366 e. The number of amides is 1. The van der Waals surface area contributed by atoms with E-state index in [1.165, 1.54) is 6.20 Å². The summed E-state index contributed by atoms with van der Waals surface area (Å²) >= 11 is 0. The second-order valence-electron chi connectivity index (χ2n) is 2.04. The number of nitrogens with zero attached hydrogens (tertiary/aromatic N) is 1. The molecule has 0 aliphatic rings. The van der Waals surface area contributed by atoms with Crippen LogP contribution in [0.2, 0.25) is 0 Å². The molecule has 0 aliphatic carbocycles. The van der Waals surface area contributed by atoms with Crippen LogP contribution in [0.1, 0.15) is 16.1 Å². The zero-order chi connectivity index (χ0) is 8.27. The van der Waals surface area contributed by atoms with Crippen molar-refractivity contribution >= 4 is 12.0 Å². The Bertz CT molecular complexity index is 294. The van der Waals surface area contributed by atoms with Crippen LogP contribution in [0.25, 0.3) is 6.08 Å². The van der Waals surface area contributed by atoms with Gasteiger partial charge in [0.2, 0.25) is 5.91 Å². The SMILES string of the molecule is C=Cc1cc(C(N)=O)ccn1. The largest absolute Gasteiger partial charge is 0.366 e. The molecule has 1 amide bonds. The molecule has 1 rings (SSSR count). The summed E-state index contributed by atoms with van der Waals surface area (Å²) in [4.78, 5) is 14.5. The lowest BCUT2D eigenvalue weighted by atomic mass is 10.2. The summed E-state index contributed by atoms with van der Waals surface area (Å²) in [7, 11) is 0. The lowest BCUT2D eigenvalue weighted by Crippen LogP contribution is -2.10. The first-order valence-corrected chi connectivity index (χ1v) is 3.12. The minimum atomic E-state index is -0.449. The maximum absolute atomic E-state index is 10.6. The van der Waals surface area contributed by atoms with Crippen LogP contribution in [-0.4, -0.2) is 10.9 Å². The van der Waals surface area contributed by atoms with Gasteiger partial charge in [0.1, 0.15) is 0 Å². The Morgan fingerprint density at radius 3 is 3.00 bits per heavy atom. The first kappa shape index (κ1) is 7.47. The molecule has 0 unspecified atom stereocenters. The number of nitrogens with two attached hydrogens (primary N) is 1. The van der Waals surface area contributed by atoms with Crippen LogP contribution < -0.4 is 5.73 Å². The fourth-order valence-electron chi connectivity index (χ4n) is 0.713. The highest BCUT2D eigenvalue weighted by Crippen LogP contribution is 2.01. The molecule has 11 heavy (non-hydrogen) atoms. The van der Waals surface area contributed by atoms with Gasteiger partial charge in [-0.15, -0.1) is 0 Å². The molecule has 3 heteroatoms. The third-order valence-corrected chi connectivity index (χ3v) is 1.27. The Labute approximate surface area is 64.6 Å². The Kier molecular flexibility index (Phi) is 2.01. The molecule has 0 fully saturated rings. The molecule has 0 saturated carbocycles. The predicted molar refractivity (Wildman–Crippen MR) is 42.8 cm³/mol. The second-order valence-corrected chi connectivity index (χ2v) is 2.04. The van der Waals surface area contributed by atoms with Crippen molar-refractivity contribution in [1.82, 2.24) is 4.98 Å². The lowest BCUT2D eigenvalue weighted by molar-refractivity contribution is 0.1000. The smallest absolute Gasteiger partial charge is 0.248 e. The van der Waals surface area contributed by atoms with E-state index < -0.39 is 5.91 Å². The molecule has 56 valence electrons. The van der Waals surface area contributed by atoms with Crippen LogP contribution in [-0.2, 0) is 0 Å². The van der Waals surface area contributed by atoms with E-state index in [9.17, 15) is 4.79 Å². The summed E-state index contributed by atoms with van der Waals surface area (Å²) in [6.45, 7) is 3.52. The molecule has 0 atom stereocenters. The van der Waals surface area contributed by atoms with Gasteiger partial charge in [-0.05, 0) is 18.2 Å². The molecule has 0 saturated heterocycles. The van der Waals surface area contributed by atoms with E-state index >= 15 is 0 Å². The topological polar surface area (TPSA) is 56.0 Å². The Morgan fingerprint density at radius 1 is 1.73 bits per heavy atom. The molecular weight excluding hydrogens is 140 g/mol. The van der Waals surface area contributed by atoms with Crippen molar-refractivity contribution in [3.8, 4) is 0 Å². The van der Waals surface area contributed by atoms with Crippen molar-refractivity contribution < 1.29 is 4.79 Å². The molecule has 1 aromatic rings. The highest BCUT2D eigenvalue weighted by molar-refractivity contribution is 5.93. The number of hydrogen-bond acceptors (Lipinski definition) is 2. The van der Waals surface area contributed by atoms with E-state index in [1.807, 2.05) is 0 Å². The van der Waals surface area contributed by atoms with Crippen LogP contribution >= 0.6 is 0 Å². The predicted octanol–water partition coefficient (Wildman–Crippen LogP) is 0.824. The van der Waals surface area contributed by atoms with Gasteiger partial charge >= 0.3 is 0 Å². The molecular formula is C8H8N2O. The lowest BCUT2D eigenvalue weighted by Gasteiger charge is -1.94. The fraction of sp³-hybridized carbons (Fsp3) is 0. The van der Waals surface area contributed by atoms with E-state index in [0.717, 1.165) is 0 Å². The van der Waals surface area contributed by atoms with Gasteiger partial charge in [-0.1, -0.05) is 6.58 Å². The monoisotopic (exact) mass is 148 g/mol. The molecule has 2 N–H and O–H groups in total. The molecule has 0 aliphatic heterocycles. The van der Waals surface area contributed by atoms with E-state index in [2.05, 4.69) is 11.6 Å². The number of carbonyl (C=O) groups excluding carboxylic acids is 1. The Morgan fingerprint density at radius 2 is 2.45 bits per heavy atom. The summed E-state index contributed by atoms with van der Waals surface area (Å²) in [6.07, 6.45) is 3.09. The minimum absolute atomic E-state index is 0.449. The second kappa shape index (κ2) is 2.96. The zero-order valence-corrected chi connectivity index (χ0v) is 5.95. The number of pyridine rings is 1. The van der Waals surface area contributed by atoms with Gasteiger partial charge in [0.15, 0.2) is 0 Å². The molecule has 0 spiro atoms. The summed E-state index contributed by atoms with van der Waals surface area (Å²) < 4.78 is 0. The van der Waals surface area contributed by atoms with Crippen LogP contribution in [0.3, 0.4) is 0 Å². The molecule has 3 nitrogen and oxygen atoms in total. The maximum atomic E-state index is 10.6. The average Bonchev–Trinajstić information content (AvgIpc) is 2.05. The summed E-state index contributed by atoms with van der Waals surface area (Å²) in [5.41, 5.74) is 6.14. The van der Waals surface area contributed by atoms with Gasteiger partial charge in [0.05, 0.1) is 5.69 Å². The van der Waals surface area contributed by atoms with Crippen LogP contribution in [0.15, 0.2) is 24.9 Å². The number of carbonyl (C=O) groups is 1. The van der Waals surface area contributed by atoms with Gasteiger partial charge in [-0.25, -0.2) is 0 Å². The van der Waals surface area contributed by atoms with E-state index in [0.29, 0.717) is 11.3 Å². The summed E-state index contributed by atoms with van der Waals surface area (Å²) in [6, 6.07) is 3.16. The van der Waals surface area contributed by atoms with E-state index in [4.69, 9.17) is 5.73 Å². The summed E-state index contributed by atoms with van der Waals surface area (Å²) in [5.74, 6) is -0.449. The number of rotatable bonds is 2. The third kappa shape index (κ3) is 1.64. The maximum Gasteiger partial charge on any atom is 0.248 e. The highest BCUT2D eigenvalue weighted by Gasteiger charge is 1.98. The van der Waals surface area contributed by atoms with Crippen molar-refractivity contribution in [3.63, 3.8) is 0 Å². The number of hydrogen-bond donors (Lipinski definition) is 1. The average molecular weight is 148 g/mol. The van der Waals surface area contributed by atoms with Crippen LogP contribution in [0.4, 0.5) is 0 Å². The number of aromatic nitrogens is 1. The summed E-state index contributed by atoms with van der Waals surface area (Å²) in [5, 5.41) is 0. The van der Waals surface area contributed by atoms with Crippen LogP contribution in [0.5, 0.6) is 0 Å². The van der Waals surface area contributed by atoms with E-state index in [1.54, 1.807) is 18.2 Å². The van der Waals surface area contributed by atoms with Gasteiger partial charge in [0.25, 0.3) is 0 Å². The number of primary amides is 1. The zero-order valence-electron chi connectivity index (χ0n) is 5.95. The van der Waals surface area contributed by atoms with Crippen molar-refractivity contribution in [2.75, 3.05) is 0 Å². The van der Waals surface area contributed by atoms with Gasteiger partial charge in [-0.3, -0.25) is 9.78 Å². The first-order chi connectivity index (χ1) is 5.24. The highest BCUT2D eigenvalue weighted by atomic mass is 16.1. The normalized spacial score (nSPS) is 9.09. The van der Waals surface area contributed by atoms with Crippen molar-refractivity contribution in [2.24, 2.45) is 5.73 Å². The van der Waals surface area contributed by atoms with Gasteiger partial charge < -0.3 is 5.73 Å². The van der Waals surface area contributed by atoms with Crippen molar-refractivity contribution in [1.29, 1.82) is 0 Å². The molecule has 0 bridgehead atoms. The van der Waals surface area contributed by atoms with Crippen LogP contribution in [0, 0.1) is 0 Å². The molecule has 0 radical (unpaired) electrons. The quantitative estimate of drug-likeness (QED) is 0.675. The first-order valence-electron chi connectivity index (χ1n) is 3.12. The molecule has 1 heterocycles. The van der Waals surface area contributed by atoms with Crippen molar-refractivity contribution in [2.45, 2.75) is 0 Å². The molecule has 1 aromatic heterocycles. The van der Waals surface area contributed by atoms with E-state index in [-0.39, 0.29) is 0 Å². The van der Waals surface area contributed by atoms with Gasteiger partial charge in [-0.2, -0.15) is 0 Å².